The highest BCUT2D eigenvalue weighted by molar-refractivity contribution is 5.94. The average Bonchev–Trinajstić information content (AvgIpc) is 2.75. The minimum absolute atomic E-state index is 0. The van der Waals surface area contributed by atoms with Gasteiger partial charge in [-0.1, -0.05) is 78.4 Å². The first-order valence-electron chi connectivity index (χ1n) is 9.92. The highest BCUT2D eigenvalue weighted by Gasteiger charge is 2.28. The van der Waals surface area contributed by atoms with Gasteiger partial charge in [-0.3, -0.25) is 9.69 Å². The maximum atomic E-state index is 12.9. The van der Waals surface area contributed by atoms with Gasteiger partial charge in [0.25, 0.3) is 5.91 Å². The van der Waals surface area contributed by atoms with Crippen molar-refractivity contribution < 1.29 is 4.79 Å². The Kier molecular flexibility index (Phi) is 7.08. The number of carbonyl (C=O) groups is 1. The lowest BCUT2D eigenvalue weighted by atomic mass is 9.96. The molecule has 3 aromatic rings. The molecule has 4 rings (SSSR count). The van der Waals surface area contributed by atoms with Gasteiger partial charge in [-0.25, -0.2) is 0 Å². The number of halogens is 1. The Morgan fingerprint density at radius 3 is 1.83 bits per heavy atom. The first-order valence-corrected chi connectivity index (χ1v) is 9.92. The quantitative estimate of drug-likeness (QED) is 0.611. The first-order chi connectivity index (χ1) is 13.7. The van der Waals surface area contributed by atoms with E-state index in [2.05, 4.69) is 65.6 Å². The lowest BCUT2D eigenvalue weighted by Crippen LogP contribution is -2.49. The van der Waals surface area contributed by atoms with Crippen molar-refractivity contribution in [1.29, 1.82) is 0 Å². The van der Waals surface area contributed by atoms with E-state index in [0.717, 1.165) is 37.3 Å². The van der Waals surface area contributed by atoms with Crippen molar-refractivity contribution in [1.82, 2.24) is 9.80 Å². The van der Waals surface area contributed by atoms with Gasteiger partial charge < -0.3 is 4.90 Å². The number of hydrogen-bond donors (Lipinski definition) is 0. The predicted octanol–water partition coefficient (Wildman–Crippen LogP) is 4.96. The molecule has 150 valence electrons. The number of rotatable bonds is 4. The van der Waals surface area contributed by atoms with Crippen molar-refractivity contribution in [2.24, 2.45) is 0 Å². The van der Waals surface area contributed by atoms with Crippen molar-refractivity contribution in [2.75, 3.05) is 26.2 Å². The number of nitrogens with zero attached hydrogens (tertiary/aromatic N) is 2. The van der Waals surface area contributed by atoms with E-state index in [1.807, 2.05) is 36.1 Å². The molecule has 0 N–H and O–H groups in total. The normalized spacial score (nSPS) is 14.5. The summed E-state index contributed by atoms with van der Waals surface area (Å²) >= 11 is 0. The Labute approximate surface area is 179 Å². The Hall–Kier alpha value is -2.62. The number of amides is 1. The summed E-state index contributed by atoms with van der Waals surface area (Å²) < 4.78 is 0. The molecule has 29 heavy (non-hydrogen) atoms. The zero-order valence-corrected chi connectivity index (χ0v) is 17.5. The number of benzene rings is 3. The molecular formula is C25H27ClN2O. The molecule has 1 heterocycles. The maximum absolute atomic E-state index is 12.9. The molecule has 3 aromatic carbocycles. The molecule has 0 unspecified atom stereocenters. The number of piperazine rings is 1. The van der Waals surface area contributed by atoms with Gasteiger partial charge in [0.05, 0.1) is 6.04 Å². The maximum Gasteiger partial charge on any atom is 0.253 e. The van der Waals surface area contributed by atoms with Gasteiger partial charge in [0, 0.05) is 31.7 Å². The van der Waals surface area contributed by atoms with Gasteiger partial charge in [-0.15, -0.1) is 12.4 Å². The van der Waals surface area contributed by atoms with Gasteiger partial charge in [0.1, 0.15) is 0 Å². The van der Waals surface area contributed by atoms with Crippen molar-refractivity contribution in [2.45, 2.75) is 13.0 Å². The number of carbonyl (C=O) groups excluding carboxylic acids is 1. The Morgan fingerprint density at radius 2 is 1.31 bits per heavy atom. The third-order valence-corrected chi connectivity index (χ3v) is 5.46. The van der Waals surface area contributed by atoms with E-state index >= 15 is 0 Å². The Morgan fingerprint density at radius 1 is 0.759 bits per heavy atom. The highest BCUT2D eigenvalue weighted by atomic mass is 35.5. The molecule has 3 nitrogen and oxygen atoms in total. The molecule has 0 bridgehead atoms. The lowest BCUT2D eigenvalue weighted by molar-refractivity contribution is 0.0597. The molecule has 0 aliphatic carbocycles. The van der Waals surface area contributed by atoms with Crippen LogP contribution in [0.25, 0.3) is 0 Å². The van der Waals surface area contributed by atoms with E-state index in [1.165, 1.54) is 11.1 Å². The van der Waals surface area contributed by atoms with Crippen LogP contribution in [0.15, 0.2) is 84.9 Å². The minimum atomic E-state index is 0. The highest BCUT2D eigenvalue weighted by Crippen LogP contribution is 2.29. The van der Waals surface area contributed by atoms with Crippen LogP contribution in [0, 0.1) is 6.92 Å². The monoisotopic (exact) mass is 406 g/mol. The van der Waals surface area contributed by atoms with Crippen molar-refractivity contribution in [3.8, 4) is 0 Å². The Balaban J connectivity index is 0.00000240. The fourth-order valence-electron chi connectivity index (χ4n) is 4.03. The summed E-state index contributed by atoms with van der Waals surface area (Å²) in [6, 6.07) is 29.4. The molecule has 0 aromatic heterocycles. The van der Waals surface area contributed by atoms with E-state index in [1.54, 1.807) is 0 Å². The van der Waals surface area contributed by atoms with E-state index in [9.17, 15) is 4.79 Å². The topological polar surface area (TPSA) is 23.6 Å². The molecule has 1 fully saturated rings. The largest absolute Gasteiger partial charge is 0.336 e. The summed E-state index contributed by atoms with van der Waals surface area (Å²) in [6.07, 6.45) is 0. The molecular weight excluding hydrogens is 380 g/mol. The molecule has 0 atom stereocenters. The summed E-state index contributed by atoms with van der Waals surface area (Å²) in [4.78, 5) is 17.4. The summed E-state index contributed by atoms with van der Waals surface area (Å²) in [5.41, 5.74) is 4.51. The fraction of sp³-hybridized carbons (Fsp3) is 0.240. The van der Waals surface area contributed by atoms with Crippen LogP contribution in [0.1, 0.15) is 33.1 Å². The number of aryl methyl sites for hydroxylation is 1. The lowest BCUT2D eigenvalue weighted by Gasteiger charge is -2.39. The van der Waals surface area contributed by atoms with Crippen LogP contribution in [0.2, 0.25) is 0 Å². The standard InChI is InChI=1S/C25H26N2O.ClH/c1-20-9-8-14-23(19-20)25(28)27-17-15-26(16-18-27)24(21-10-4-2-5-11-21)22-12-6-3-7-13-22;/h2-14,19,24H,15-18H2,1H3;1H. The fourth-order valence-corrected chi connectivity index (χ4v) is 4.03. The summed E-state index contributed by atoms with van der Waals surface area (Å²) in [6.45, 7) is 5.27. The van der Waals surface area contributed by atoms with E-state index < -0.39 is 0 Å². The van der Waals surface area contributed by atoms with Crippen LogP contribution >= 0.6 is 12.4 Å². The predicted molar refractivity (Wildman–Crippen MR) is 121 cm³/mol. The summed E-state index contributed by atoms with van der Waals surface area (Å²) in [7, 11) is 0. The molecule has 0 saturated carbocycles. The third-order valence-electron chi connectivity index (χ3n) is 5.46. The van der Waals surface area contributed by atoms with Crippen molar-refractivity contribution in [3.05, 3.63) is 107 Å². The molecule has 0 radical (unpaired) electrons. The molecule has 1 saturated heterocycles. The second kappa shape index (κ2) is 9.73. The Bertz CT molecular complexity index is 882. The smallest absolute Gasteiger partial charge is 0.253 e. The first kappa shape index (κ1) is 21.1. The van der Waals surface area contributed by atoms with Gasteiger partial charge in [-0.2, -0.15) is 0 Å². The van der Waals surface area contributed by atoms with Crippen LogP contribution < -0.4 is 0 Å². The van der Waals surface area contributed by atoms with Crippen LogP contribution in [-0.4, -0.2) is 41.9 Å². The summed E-state index contributed by atoms with van der Waals surface area (Å²) in [5.74, 6) is 0.138. The second-order valence-corrected chi connectivity index (χ2v) is 7.42. The molecule has 1 amide bonds. The van der Waals surface area contributed by atoms with E-state index in [4.69, 9.17) is 0 Å². The molecule has 0 spiro atoms. The van der Waals surface area contributed by atoms with Gasteiger partial charge in [0.15, 0.2) is 0 Å². The third kappa shape index (κ3) is 4.87. The van der Waals surface area contributed by atoms with E-state index in [-0.39, 0.29) is 24.4 Å². The SMILES string of the molecule is Cc1cccc(C(=O)N2CCN(C(c3ccccc3)c3ccccc3)CC2)c1.Cl. The van der Waals surface area contributed by atoms with Gasteiger partial charge >= 0.3 is 0 Å². The van der Waals surface area contributed by atoms with Crippen LogP contribution in [0.4, 0.5) is 0 Å². The van der Waals surface area contributed by atoms with Gasteiger partial charge in [-0.05, 0) is 30.2 Å². The molecule has 4 heteroatoms. The van der Waals surface area contributed by atoms with Crippen molar-refractivity contribution >= 4 is 18.3 Å². The van der Waals surface area contributed by atoms with Crippen LogP contribution in [0.5, 0.6) is 0 Å². The minimum Gasteiger partial charge on any atom is -0.336 e. The molecule has 1 aliphatic heterocycles. The van der Waals surface area contributed by atoms with E-state index in [0.29, 0.717) is 0 Å². The zero-order valence-electron chi connectivity index (χ0n) is 16.7. The van der Waals surface area contributed by atoms with Crippen molar-refractivity contribution in [3.63, 3.8) is 0 Å². The van der Waals surface area contributed by atoms with Gasteiger partial charge in [0.2, 0.25) is 0 Å². The average molecular weight is 407 g/mol. The zero-order chi connectivity index (χ0) is 19.3. The molecule has 1 aliphatic rings. The van der Waals surface area contributed by atoms with Crippen LogP contribution in [-0.2, 0) is 0 Å². The number of hydrogen-bond acceptors (Lipinski definition) is 2. The van der Waals surface area contributed by atoms with Crippen LogP contribution in [0.3, 0.4) is 0 Å². The second-order valence-electron chi connectivity index (χ2n) is 7.42. The summed E-state index contributed by atoms with van der Waals surface area (Å²) in [5, 5.41) is 0.